The van der Waals surface area contributed by atoms with Gasteiger partial charge in [-0.3, -0.25) is 9.78 Å². The van der Waals surface area contributed by atoms with Crippen LogP contribution in [0.15, 0.2) is 23.3 Å². The van der Waals surface area contributed by atoms with Crippen LogP contribution in [0, 0.1) is 0 Å². The summed E-state index contributed by atoms with van der Waals surface area (Å²) in [6.45, 7) is 2.34. The number of halogens is 1. The summed E-state index contributed by atoms with van der Waals surface area (Å²) in [6, 6.07) is 1.69. The van der Waals surface area contributed by atoms with E-state index in [9.17, 15) is 4.79 Å². The highest BCUT2D eigenvalue weighted by atomic mass is 35.5. The maximum Gasteiger partial charge on any atom is 0.276 e. The van der Waals surface area contributed by atoms with E-state index in [0.29, 0.717) is 22.5 Å². The molecule has 0 fully saturated rings. The molecule has 0 atom stereocenters. The molecule has 0 unspecified atom stereocenters. The van der Waals surface area contributed by atoms with Crippen LogP contribution < -0.4 is 5.56 Å². The van der Waals surface area contributed by atoms with Crippen molar-refractivity contribution in [1.82, 2.24) is 14.8 Å². The van der Waals surface area contributed by atoms with Gasteiger partial charge in [-0.2, -0.15) is 5.10 Å². The van der Waals surface area contributed by atoms with Crippen LogP contribution in [0.4, 0.5) is 0 Å². The molecule has 0 aromatic carbocycles. The molecule has 2 aromatic heterocycles. The Morgan fingerprint density at radius 3 is 3.00 bits per heavy atom. The Balaban J connectivity index is 2.95. The van der Waals surface area contributed by atoms with E-state index in [1.807, 2.05) is 6.92 Å². The van der Waals surface area contributed by atoms with Crippen LogP contribution in [0.3, 0.4) is 0 Å². The summed E-state index contributed by atoms with van der Waals surface area (Å²) >= 11 is 5.91. The number of hydrogen-bond acceptors (Lipinski definition) is 3. The van der Waals surface area contributed by atoms with Crippen LogP contribution in [0.1, 0.15) is 6.92 Å². The molecule has 0 amide bonds. The molecule has 0 N–H and O–H groups in total. The topological polar surface area (TPSA) is 47.8 Å². The van der Waals surface area contributed by atoms with Gasteiger partial charge in [0.05, 0.1) is 5.39 Å². The van der Waals surface area contributed by atoms with Gasteiger partial charge in [-0.1, -0.05) is 11.6 Å². The van der Waals surface area contributed by atoms with E-state index in [1.54, 1.807) is 12.3 Å². The van der Waals surface area contributed by atoms with Crippen LogP contribution >= 0.6 is 11.6 Å². The van der Waals surface area contributed by atoms with Gasteiger partial charge in [0.15, 0.2) is 5.15 Å². The average molecular weight is 210 g/mol. The van der Waals surface area contributed by atoms with Crippen LogP contribution in [0.5, 0.6) is 0 Å². The van der Waals surface area contributed by atoms with Crippen molar-refractivity contribution in [3.63, 3.8) is 0 Å². The predicted molar refractivity (Wildman–Crippen MR) is 54.5 cm³/mol. The van der Waals surface area contributed by atoms with Gasteiger partial charge in [-0.05, 0) is 13.0 Å². The molecule has 0 aliphatic rings. The fourth-order valence-corrected chi connectivity index (χ4v) is 1.56. The van der Waals surface area contributed by atoms with Crippen LogP contribution in [0.2, 0.25) is 5.15 Å². The minimum absolute atomic E-state index is 0.153. The number of aromatic nitrogens is 3. The number of pyridine rings is 1. The predicted octanol–water partition coefficient (Wildman–Crippen LogP) is 1.46. The number of rotatable bonds is 1. The van der Waals surface area contributed by atoms with Crippen molar-refractivity contribution in [2.24, 2.45) is 0 Å². The smallest absolute Gasteiger partial charge is 0.267 e. The van der Waals surface area contributed by atoms with Crippen LogP contribution in [0.25, 0.3) is 10.8 Å². The van der Waals surface area contributed by atoms with Gasteiger partial charge in [-0.25, -0.2) is 4.68 Å². The lowest BCUT2D eigenvalue weighted by Gasteiger charge is -2.03. The molecule has 72 valence electrons. The Hall–Kier alpha value is -1.42. The standard InChI is InChI=1S/C9H8ClN3O/c1-2-13-9(14)7-5-11-4-3-6(7)8(10)12-13/h3-5H,2H2,1H3. The van der Waals surface area contributed by atoms with Gasteiger partial charge >= 0.3 is 0 Å². The maximum atomic E-state index is 11.7. The van der Waals surface area contributed by atoms with Crippen molar-refractivity contribution in [1.29, 1.82) is 0 Å². The summed E-state index contributed by atoms with van der Waals surface area (Å²) in [4.78, 5) is 15.6. The number of hydrogen-bond donors (Lipinski definition) is 0. The first kappa shape index (κ1) is 9.15. The van der Waals surface area contributed by atoms with Crippen molar-refractivity contribution in [2.75, 3.05) is 0 Å². The second kappa shape index (κ2) is 3.38. The van der Waals surface area contributed by atoms with Gasteiger partial charge in [-0.15, -0.1) is 0 Å². The molecule has 0 bridgehead atoms. The van der Waals surface area contributed by atoms with E-state index in [-0.39, 0.29) is 5.56 Å². The Bertz CT molecular complexity index is 535. The highest BCUT2D eigenvalue weighted by Crippen LogP contribution is 2.15. The quantitative estimate of drug-likeness (QED) is 0.715. The minimum Gasteiger partial charge on any atom is -0.267 e. The van der Waals surface area contributed by atoms with Gasteiger partial charge in [0.2, 0.25) is 0 Å². The molecule has 0 aliphatic heterocycles. The molecule has 0 saturated carbocycles. The van der Waals surface area contributed by atoms with Crippen molar-refractivity contribution in [3.05, 3.63) is 34.0 Å². The summed E-state index contributed by atoms with van der Waals surface area (Å²) < 4.78 is 1.33. The normalized spacial score (nSPS) is 10.7. The molecule has 0 radical (unpaired) electrons. The molecule has 5 heteroatoms. The van der Waals surface area contributed by atoms with Gasteiger partial charge in [0, 0.05) is 24.3 Å². The second-order valence-corrected chi connectivity index (χ2v) is 3.19. The van der Waals surface area contributed by atoms with Crippen molar-refractivity contribution in [3.8, 4) is 0 Å². The summed E-state index contributed by atoms with van der Waals surface area (Å²) in [7, 11) is 0. The molecule has 0 saturated heterocycles. The fourth-order valence-electron chi connectivity index (χ4n) is 1.30. The Morgan fingerprint density at radius 2 is 2.29 bits per heavy atom. The summed E-state index contributed by atoms with van der Waals surface area (Å²) in [5.74, 6) is 0. The second-order valence-electron chi connectivity index (χ2n) is 2.83. The summed E-state index contributed by atoms with van der Waals surface area (Å²) in [6.07, 6.45) is 3.10. The molecule has 0 spiro atoms. The zero-order valence-electron chi connectivity index (χ0n) is 7.57. The monoisotopic (exact) mass is 209 g/mol. The lowest BCUT2D eigenvalue weighted by atomic mass is 10.2. The Kier molecular flexibility index (Phi) is 2.21. The maximum absolute atomic E-state index is 11.7. The molecule has 2 heterocycles. The lowest BCUT2D eigenvalue weighted by Crippen LogP contribution is -2.22. The van der Waals surface area contributed by atoms with Crippen LogP contribution in [-0.4, -0.2) is 14.8 Å². The van der Waals surface area contributed by atoms with E-state index in [0.717, 1.165) is 0 Å². The van der Waals surface area contributed by atoms with E-state index < -0.39 is 0 Å². The zero-order chi connectivity index (χ0) is 10.1. The van der Waals surface area contributed by atoms with E-state index in [2.05, 4.69) is 10.1 Å². The lowest BCUT2D eigenvalue weighted by molar-refractivity contribution is 0.623. The molecule has 2 rings (SSSR count). The van der Waals surface area contributed by atoms with Gasteiger partial charge in [0.1, 0.15) is 0 Å². The summed E-state index contributed by atoms with van der Waals surface area (Å²) in [5, 5.41) is 5.46. The third-order valence-electron chi connectivity index (χ3n) is 2.02. The van der Waals surface area contributed by atoms with E-state index in [4.69, 9.17) is 11.6 Å². The summed E-state index contributed by atoms with van der Waals surface area (Å²) in [5.41, 5.74) is -0.153. The Morgan fingerprint density at radius 1 is 1.50 bits per heavy atom. The van der Waals surface area contributed by atoms with Gasteiger partial charge in [0.25, 0.3) is 5.56 Å². The Labute approximate surface area is 85.1 Å². The average Bonchev–Trinajstić information content (AvgIpc) is 2.23. The highest BCUT2D eigenvalue weighted by Gasteiger charge is 2.06. The SMILES string of the molecule is CCn1nc(Cl)c2ccncc2c1=O. The van der Waals surface area contributed by atoms with E-state index in [1.165, 1.54) is 10.9 Å². The first-order valence-electron chi connectivity index (χ1n) is 4.24. The molecule has 4 nitrogen and oxygen atoms in total. The molecular formula is C9H8ClN3O. The molecule has 14 heavy (non-hydrogen) atoms. The number of nitrogens with zero attached hydrogens (tertiary/aromatic N) is 3. The first-order chi connectivity index (χ1) is 6.74. The largest absolute Gasteiger partial charge is 0.276 e. The van der Waals surface area contributed by atoms with Crippen LogP contribution in [-0.2, 0) is 6.54 Å². The van der Waals surface area contributed by atoms with Crippen molar-refractivity contribution >= 4 is 22.4 Å². The van der Waals surface area contributed by atoms with Gasteiger partial charge < -0.3 is 0 Å². The van der Waals surface area contributed by atoms with Crippen molar-refractivity contribution < 1.29 is 0 Å². The zero-order valence-corrected chi connectivity index (χ0v) is 8.32. The number of aryl methyl sites for hydroxylation is 1. The fraction of sp³-hybridized carbons (Fsp3) is 0.222. The molecule has 2 aromatic rings. The number of fused-ring (bicyclic) bond motifs is 1. The molecule has 0 aliphatic carbocycles. The highest BCUT2D eigenvalue weighted by molar-refractivity contribution is 6.34. The van der Waals surface area contributed by atoms with E-state index >= 15 is 0 Å². The third kappa shape index (κ3) is 1.28. The third-order valence-corrected chi connectivity index (χ3v) is 2.30. The molecular weight excluding hydrogens is 202 g/mol. The first-order valence-corrected chi connectivity index (χ1v) is 4.62. The van der Waals surface area contributed by atoms with Crippen molar-refractivity contribution in [2.45, 2.75) is 13.5 Å². The minimum atomic E-state index is -0.153.